The van der Waals surface area contributed by atoms with Gasteiger partial charge in [-0.3, -0.25) is 9.89 Å². The first-order chi connectivity index (χ1) is 13.8. The molecule has 0 radical (unpaired) electrons. The molecule has 2 aliphatic heterocycles. The maximum absolute atomic E-state index is 12.9. The molecule has 0 spiro atoms. The summed E-state index contributed by atoms with van der Waals surface area (Å²) in [5.41, 5.74) is 0.151. The van der Waals surface area contributed by atoms with Crippen LogP contribution in [0.5, 0.6) is 0 Å². The van der Waals surface area contributed by atoms with Gasteiger partial charge < -0.3 is 15.5 Å². The van der Waals surface area contributed by atoms with Gasteiger partial charge in [-0.25, -0.2) is 0 Å². The predicted molar refractivity (Wildman–Crippen MR) is 127 cm³/mol. The van der Waals surface area contributed by atoms with Crippen LogP contribution in [0, 0.1) is 5.92 Å². The first-order valence-corrected chi connectivity index (χ1v) is 11.3. The minimum atomic E-state index is -4.06. The van der Waals surface area contributed by atoms with Gasteiger partial charge in [-0.15, -0.1) is 24.0 Å². The second-order valence-electron chi connectivity index (χ2n) is 9.24. The highest BCUT2D eigenvalue weighted by atomic mass is 127. The van der Waals surface area contributed by atoms with Gasteiger partial charge in [0.25, 0.3) is 0 Å². The van der Waals surface area contributed by atoms with Crippen molar-refractivity contribution in [1.29, 1.82) is 0 Å². The molecule has 30 heavy (non-hydrogen) atoms. The molecule has 0 bridgehead atoms. The fourth-order valence-electron chi connectivity index (χ4n) is 5.21. The van der Waals surface area contributed by atoms with Crippen molar-refractivity contribution in [2.75, 3.05) is 46.8 Å². The monoisotopic (exact) mass is 545 g/mol. The molecule has 1 saturated carbocycles. The largest absolute Gasteiger partial charge is 0.391 e. The van der Waals surface area contributed by atoms with E-state index in [0.29, 0.717) is 12.8 Å². The molecule has 0 aromatic carbocycles. The van der Waals surface area contributed by atoms with Crippen LogP contribution in [0.4, 0.5) is 13.2 Å². The molecule has 2 N–H and O–H groups in total. The molecule has 176 valence electrons. The lowest BCUT2D eigenvalue weighted by Crippen LogP contribution is -2.62. The number of hydrogen-bond acceptors (Lipinski definition) is 3. The summed E-state index contributed by atoms with van der Waals surface area (Å²) in [6, 6.07) is 0.0724. The Kier molecular flexibility index (Phi) is 9.99. The van der Waals surface area contributed by atoms with Crippen molar-refractivity contribution in [1.82, 2.24) is 20.4 Å². The Balaban J connectivity index is 0.00000320. The van der Waals surface area contributed by atoms with E-state index in [1.807, 2.05) is 0 Å². The Hall–Kier alpha value is -0.290. The van der Waals surface area contributed by atoms with Gasteiger partial charge in [0.05, 0.1) is 5.92 Å². The summed E-state index contributed by atoms with van der Waals surface area (Å²) in [4.78, 5) is 9.44. The van der Waals surface area contributed by atoms with E-state index >= 15 is 0 Å². The fraction of sp³-hybridized carbons (Fsp3) is 0.952. The fourth-order valence-corrected chi connectivity index (χ4v) is 5.21. The summed E-state index contributed by atoms with van der Waals surface area (Å²) in [7, 11) is 3.93. The number of rotatable bonds is 4. The van der Waals surface area contributed by atoms with Gasteiger partial charge >= 0.3 is 6.18 Å². The van der Waals surface area contributed by atoms with E-state index < -0.39 is 12.1 Å². The molecule has 9 heteroatoms. The van der Waals surface area contributed by atoms with Gasteiger partial charge in [0.1, 0.15) is 0 Å². The molecule has 3 fully saturated rings. The van der Waals surface area contributed by atoms with Crippen molar-refractivity contribution < 1.29 is 13.2 Å². The third-order valence-electron chi connectivity index (χ3n) is 7.28. The van der Waals surface area contributed by atoms with Crippen LogP contribution in [0.3, 0.4) is 0 Å². The molecule has 2 saturated heterocycles. The predicted octanol–water partition coefficient (Wildman–Crippen LogP) is 3.84. The molecule has 3 aliphatic rings. The molecular weight excluding hydrogens is 506 g/mol. The van der Waals surface area contributed by atoms with Crippen LogP contribution in [-0.4, -0.2) is 80.3 Å². The lowest BCUT2D eigenvalue weighted by molar-refractivity contribution is -0.182. The average molecular weight is 545 g/mol. The van der Waals surface area contributed by atoms with Crippen molar-refractivity contribution in [3.63, 3.8) is 0 Å². The Morgan fingerprint density at radius 2 is 1.60 bits per heavy atom. The van der Waals surface area contributed by atoms with Crippen LogP contribution >= 0.6 is 24.0 Å². The number of halogens is 4. The van der Waals surface area contributed by atoms with Gasteiger partial charge in [-0.05, 0) is 84.6 Å². The van der Waals surface area contributed by atoms with Gasteiger partial charge in [0.15, 0.2) is 5.96 Å². The molecule has 3 rings (SSSR count). The molecule has 0 atom stereocenters. The second kappa shape index (κ2) is 11.5. The van der Waals surface area contributed by atoms with Crippen LogP contribution in [0.15, 0.2) is 4.99 Å². The van der Waals surface area contributed by atoms with Crippen molar-refractivity contribution in [3.8, 4) is 0 Å². The normalized spacial score (nSPS) is 29.2. The summed E-state index contributed by atoms with van der Waals surface area (Å²) < 4.78 is 38.7. The van der Waals surface area contributed by atoms with Crippen molar-refractivity contribution in [2.24, 2.45) is 10.9 Å². The highest BCUT2D eigenvalue weighted by Gasteiger charge is 2.42. The van der Waals surface area contributed by atoms with Gasteiger partial charge in [-0.2, -0.15) is 13.2 Å². The smallest absolute Gasteiger partial charge is 0.355 e. The highest BCUT2D eigenvalue weighted by molar-refractivity contribution is 14.0. The summed E-state index contributed by atoms with van der Waals surface area (Å²) in [5, 5.41) is 6.93. The summed E-state index contributed by atoms with van der Waals surface area (Å²) in [6.45, 7) is 5.38. The number of piperidine rings is 2. The van der Waals surface area contributed by atoms with Gasteiger partial charge in [0, 0.05) is 25.2 Å². The zero-order chi connectivity index (χ0) is 20.9. The Bertz CT molecular complexity index is 535. The number of guanidine groups is 1. The Morgan fingerprint density at radius 1 is 1.00 bits per heavy atom. The zero-order valence-electron chi connectivity index (χ0n) is 18.4. The Morgan fingerprint density at radius 3 is 2.13 bits per heavy atom. The zero-order valence-corrected chi connectivity index (χ0v) is 20.8. The van der Waals surface area contributed by atoms with E-state index in [1.165, 1.54) is 32.4 Å². The molecule has 2 heterocycles. The third kappa shape index (κ3) is 6.85. The van der Waals surface area contributed by atoms with E-state index in [4.69, 9.17) is 0 Å². The van der Waals surface area contributed by atoms with Crippen LogP contribution in [0.2, 0.25) is 0 Å². The molecule has 0 amide bonds. The van der Waals surface area contributed by atoms with Crippen LogP contribution in [0.1, 0.15) is 57.8 Å². The third-order valence-corrected chi connectivity index (χ3v) is 7.28. The quantitative estimate of drug-likeness (QED) is 0.320. The summed E-state index contributed by atoms with van der Waals surface area (Å²) in [6.07, 6.45) is 3.61. The number of alkyl halides is 3. The minimum Gasteiger partial charge on any atom is -0.355 e. The number of hydrogen-bond donors (Lipinski definition) is 2. The first-order valence-electron chi connectivity index (χ1n) is 11.3. The van der Waals surface area contributed by atoms with E-state index in [2.05, 4.69) is 32.5 Å². The first kappa shape index (κ1) is 26.0. The molecule has 0 aromatic rings. The SMILES string of the molecule is CN=C(NCC1(N2CCCCC2)CCN(C)CC1)NC1CCC(C(F)(F)F)CC1.I. The maximum Gasteiger partial charge on any atom is 0.391 e. The van der Waals surface area contributed by atoms with Crippen molar-refractivity contribution >= 4 is 29.9 Å². The van der Waals surface area contributed by atoms with E-state index in [1.54, 1.807) is 7.05 Å². The molecule has 5 nitrogen and oxygen atoms in total. The van der Waals surface area contributed by atoms with Crippen LogP contribution in [0.25, 0.3) is 0 Å². The lowest BCUT2D eigenvalue weighted by Gasteiger charge is -2.50. The van der Waals surface area contributed by atoms with E-state index in [0.717, 1.165) is 38.4 Å². The summed E-state index contributed by atoms with van der Waals surface area (Å²) in [5.74, 6) is -0.409. The number of aliphatic imine (C=N–C) groups is 1. The highest BCUT2D eigenvalue weighted by Crippen LogP contribution is 2.37. The standard InChI is InChI=1S/C21H38F3N5.HI/c1-25-19(27-18-8-6-17(7-9-18)21(22,23)24)26-16-20(10-14-28(2)15-11-20)29-12-4-3-5-13-29;/h17-18H,3-16H2,1-2H3,(H2,25,26,27);1H. The van der Waals surface area contributed by atoms with Crippen LogP contribution < -0.4 is 10.6 Å². The topological polar surface area (TPSA) is 42.9 Å². The number of likely N-dealkylation sites (tertiary alicyclic amines) is 2. The van der Waals surface area contributed by atoms with Gasteiger partial charge in [-0.1, -0.05) is 6.42 Å². The molecule has 0 unspecified atom stereocenters. The second-order valence-corrected chi connectivity index (χ2v) is 9.24. The summed E-state index contributed by atoms with van der Waals surface area (Å²) >= 11 is 0. The number of nitrogens with one attached hydrogen (secondary N) is 2. The van der Waals surface area contributed by atoms with Crippen LogP contribution in [-0.2, 0) is 0 Å². The molecular formula is C21H39F3IN5. The maximum atomic E-state index is 12.9. The van der Waals surface area contributed by atoms with E-state index in [9.17, 15) is 13.2 Å². The lowest BCUT2D eigenvalue weighted by atomic mass is 9.84. The minimum absolute atomic E-state index is 0. The van der Waals surface area contributed by atoms with Crippen molar-refractivity contribution in [3.05, 3.63) is 0 Å². The van der Waals surface area contributed by atoms with Gasteiger partial charge in [0.2, 0.25) is 0 Å². The molecule has 0 aromatic heterocycles. The average Bonchev–Trinajstić information content (AvgIpc) is 2.73. The molecule has 1 aliphatic carbocycles. The van der Waals surface area contributed by atoms with Crippen molar-refractivity contribution in [2.45, 2.75) is 75.5 Å². The number of nitrogens with zero attached hydrogens (tertiary/aromatic N) is 3. The van der Waals surface area contributed by atoms with E-state index in [-0.39, 0.29) is 48.4 Å². The Labute approximate surface area is 196 Å².